The van der Waals surface area contributed by atoms with Crippen molar-refractivity contribution in [2.75, 3.05) is 39.3 Å². The lowest BCUT2D eigenvalue weighted by Crippen LogP contribution is -2.44. The minimum atomic E-state index is -0.763. The number of aryl methyl sites for hydroxylation is 2. The van der Waals surface area contributed by atoms with Crippen molar-refractivity contribution in [1.82, 2.24) is 34.2 Å². The number of aromatic nitrogens is 4. The third kappa shape index (κ3) is 9.49. The summed E-state index contributed by atoms with van der Waals surface area (Å²) in [5, 5.41) is 8.99. The van der Waals surface area contributed by atoms with Gasteiger partial charge in [0.25, 0.3) is 0 Å². The molecule has 4 heterocycles. The molecule has 0 atom stereocenters. The number of carboxylic acid groups (broad SMARTS) is 1. The van der Waals surface area contributed by atoms with Crippen LogP contribution in [-0.4, -0.2) is 84.6 Å². The lowest BCUT2D eigenvalue weighted by molar-refractivity contribution is -0.136. The highest BCUT2D eigenvalue weighted by atomic mass is 16.4. The third-order valence-electron chi connectivity index (χ3n) is 9.16. The molecule has 0 amide bonds. The van der Waals surface area contributed by atoms with Crippen molar-refractivity contribution < 1.29 is 9.90 Å². The molecule has 0 saturated carbocycles. The highest BCUT2D eigenvalue weighted by Gasteiger charge is 2.40. The summed E-state index contributed by atoms with van der Waals surface area (Å²) in [6, 6.07) is 8.30. The highest BCUT2D eigenvalue weighted by Crippen LogP contribution is 2.40. The van der Waals surface area contributed by atoms with Gasteiger partial charge in [-0.15, -0.1) is 0 Å². The van der Waals surface area contributed by atoms with E-state index < -0.39 is 5.97 Å². The number of hydrogen-bond acceptors (Lipinski definition) is 6. The summed E-state index contributed by atoms with van der Waals surface area (Å²) in [5.74, 6) is 1.25. The first-order valence-electron chi connectivity index (χ1n) is 16.1. The number of carboxylic acids is 1. The molecule has 3 aromatic rings. The van der Waals surface area contributed by atoms with E-state index in [4.69, 9.17) is 10.1 Å². The molecular formula is C34H51N7O2. The maximum atomic E-state index is 10.9. The van der Waals surface area contributed by atoms with E-state index in [-0.39, 0.29) is 6.42 Å². The number of nitrogens with one attached hydrogen (secondary N) is 1. The molecule has 2 saturated heterocycles. The zero-order valence-electron chi connectivity index (χ0n) is 26.5. The van der Waals surface area contributed by atoms with Gasteiger partial charge in [-0.25, -0.2) is 9.97 Å². The molecule has 0 bridgehead atoms. The van der Waals surface area contributed by atoms with Gasteiger partial charge in [-0.1, -0.05) is 45.0 Å². The van der Waals surface area contributed by atoms with Crippen LogP contribution in [-0.2, 0) is 37.4 Å². The fraction of sp³-hybridized carbons (Fsp3) is 0.618. The second kappa shape index (κ2) is 14.2. The van der Waals surface area contributed by atoms with Gasteiger partial charge in [0.05, 0.1) is 13.1 Å². The molecule has 2 aromatic heterocycles. The summed E-state index contributed by atoms with van der Waals surface area (Å²) >= 11 is 0. The van der Waals surface area contributed by atoms with E-state index in [2.05, 4.69) is 68.3 Å². The summed E-state index contributed by atoms with van der Waals surface area (Å²) in [5.41, 5.74) is 3.16. The van der Waals surface area contributed by atoms with Gasteiger partial charge in [-0.3, -0.25) is 9.69 Å². The minimum absolute atomic E-state index is 0.154. The van der Waals surface area contributed by atoms with E-state index in [0.29, 0.717) is 23.8 Å². The molecule has 9 nitrogen and oxygen atoms in total. The first-order chi connectivity index (χ1) is 20.6. The second-order valence-electron chi connectivity index (χ2n) is 14.1. The molecule has 2 aliphatic rings. The average molecular weight is 590 g/mol. The monoisotopic (exact) mass is 589 g/mol. The van der Waals surface area contributed by atoms with Crippen LogP contribution in [0.2, 0.25) is 0 Å². The molecule has 1 aromatic carbocycles. The smallest absolute Gasteiger partial charge is 0.303 e. The Kier molecular flexibility index (Phi) is 10.4. The van der Waals surface area contributed by atoms with E-state index in [1.807, 2.05) is 24.5 Å². The Bertz CT molecular complexity index is 1270. The van der Waals surface area contributed by atoms with Crippen LogP contribution in [0.3, 0.4) is 0 Å². The number of likely N-dealkylation sites (tertiary alicyclic amines) is 2. The maximum Gasteiger partial charge on any atom is 0.303 e. The van der Waals surface area contributed by atoms with Crippen molar-refractivity contribution in [2.45, 2.75) is 85.5 Å². The van der Waals surface area contributed by atoms with E-state index in [9.17, 15) is 4.79 Å². The number of hydrogen-bond donors (Lipinski definition) is 2. The second-order valence-corrected chi connectivity index (χ2v) is 14.1. The fourth-order valence-electron chi connectivity index (χ4n) is 6.93. The summed E-state index contributed by atoms with van der Waals surface area (Å²) in [6.45, 7) is 17.6. The Morgan fingerprint density at radius 3 is 2.35 bits per heavy atom. The van der Waals surface area contributed by atoms with E-state index >= 15 is 0 Å². The molecule has 234 valence electrons. The van der Waals surface area contributed by atoms with Gasteiger partial charge in [0.2, 0.25) is 0 Å². The summed E-state index contributed by atoms with van der Waals surface area (Å²) in [4.78, 5) is 31.1. The molecule has 2 aliphatic heterocycles. The van der Waals surface area contributed by atoms with Crippen LogP contribution >= 0.6 is 0 Å². The molecule has 0 radical (unpaired) electrons. The Morgan fingerprint density at radius 1 is 0.953 bits per heavy atom. The van der Waals surface area contributed by atoms with Crippen molar-refractivity contribution in [2.24, 2.45) is 10.8 Å². The highest BCUT2D eigenvalue weighted by molar-refractivity contribution is 5.67. The fourth-order valence-corrected chi connectivity index (χ4v) is 6.93. The van der Waals surface area contributed by atoms with Crippen molar-refractivity contribution in [3.63, 3.8) is 0 Å². The first kappa shape index (κ1) is 31.4. The zero-order valence-corrected chi connectivity index (χ0v) is 26.5. The topological polar surface area (TPSA) is 93.5 Å². The van der Waals surface area contributed by atoms with Crippen LogP contribution in [0.15, 0.2) is 49.1 Å². The molecule has 2 fully saturated rings. The normalized spacial score (nSPS) is 17.8. The van der Waals surface area contributed by atoms with Crippen molar-refractivity contribution >= 4 is 5.97 Å². The van der Waals surface area contributed by atoms with Gasteiger partial charge in [0, 0.05) is 57.4 Å². The molecule has 5 rings (SSSR count). The van der Waals surface area contributed by atoms with Crippen molar-refractivity contribution in [1.29, 1.82) is 0 Å². The summed E-state index contributed by atoms with van der Waals surface area (Å²) in [7, 11) is 0. The third-order valence-corrected chi connectivity index (χ3v) is 9.16. The molecule has 1 spiro atoms. The maximum absolute atomic E-state index is 10.9. The largest absolute Gasteiger partial charge is 0.481 e. The van der Waals surface area contributed by atoms with E-state index in [1.165, 1.54) is 57.5 Å². The minimum Gasteiger partial charge on any atom is -0.481 e. The number of benzene rings is 1. The Morgan fingerprint density at radius 2 is 1.67 bits per heavy atom. The quantitative estimate of drug-likeness (QED) is 0.272. The Labute approximate surface area is 257 Å². The molecule has 0 unspecified atom stereocenters. The Balaban J connectivity index is 1.12. The number of aromatic amines is 1. The first-order valence-corrected chi connectivity index (χ1v) is 16.1. The van der Waals surface area contributed by atoms with Gasteiger partial charge >= 0.3 is 5.97 Å². The van der Waals surface area contributed by atoms with Crippen LogP contribution in [0.1, 0.15) is 75.7 Å². The Hall–Kier alpha value is -3.01. The van der Waals surface area contributed by atoms with E-state index in [0.717, 1.165) is 49.8 Å². The lowest BCUT2D eigenvalue weighted by atomic mass is 9.77. The number of aliphatic carboxylic acids is 1. The van der Waals surface area contributed by atoms with Gasteiger partial charge in [-0.05, 0) is 80.2 Å². The number of H-pyrrole nitrogens is 1. The molecule has 43 heavy (non-hydrogen) atoms. The predicted octanol–water partition coefficient (Wildman–Crippen LogP) is 5.05. The SMILES string of the molecule is CC(C)(C)CN1CCC2(CC1)CCN(CCCn1ccnc1CN(Cc1ccc(CCC(=O)O)cc1)Cc1ncc[nH]1)C2. The van der Waals surface area contributed by atoms with Crippen molar-refractivity contribution in [3.05, 3.63) is 71.8 Å². The molecule has 9 heteroatoms. The van der Waals surface area contributed by atoms with Gasteiger partial charge in [-0.2, -0.15) is 0 Å². The van der Waals surface area contributed by atoms with Crippen LogP contribution in [0.25, 0.3) is 0 Å². The predicted molar refractivity (Wildman–Crippen MR) is 169 cm³/mol. The lowest BCUT2D eigenvalue weighted by Gasteiger charge is -2.41. The summed E-state index contributed by atoms with van der Waals surface area (Å²) in [6.07, 6.45) is 13.6. The average Bonchev–Trinajstić information content (AvgIpc) is 3.72. The van der Waals surface area contributed by atoms with Crippen molar-refractivity contribution in [3.8, 4) is 0 Å². The standard InChI is InChI=1S/C34H51N7O2/c1-33(2,3)26-39-20-12-34(13-21-39)11-19-38(27-34)17-4-18-41-22-16-37-31(41)25-40(24-30-35-14-15-36-30)23-29-7-5-28(6-8-29)9-10-32(42)43/h5-8,14-16,22H,4,9-13,17-21,23-27H2,1-3H3,(H,35,36)(H,42,43). The van der Waals surface area contributed by atoms with Crippen LogP contribution in [0.4, 0.5) is 0 Å². The van der Waals surface area contributed by atoms with Crippen LogP contribution in [0, 0.1) is 10.8 Å². The molecule has 0 aliphatic carbocycles. The van der Waals surface area contributed by atoms with Gasteiger partial charge in [0.15, 0.2) is 0 Å². The summed E-state index contributed by atoms with van der Waals surface area (Å²) < 4.78 is 2.32. The number of imidazole rings is 2. The van der Waals surface area contributed by atoms with Gasteiger partial charge in [0.1, 0.15) is 11.6 Å². The number of piperidine rings is 1. The molecule has 2 N–H and O–H groups in total. The molecular weight excluding hydrogens is 538 g/mol. The number of rotatable bonds is 14. The van der Waals surface area contributed by atoms with Crippen LogP contribution < -0.4 is 0 Å². The number of nitrogens with zero attached hydrogens (tertiary/aromatic N) is 6. The van der Waals surface area contributed by atoms with Gasteiger partial charge < -0.3 is 24.5 Å². The van der Waals surface area contributed by atoms with Crippen LogP contribution in [0.5, 0.6) is 0 Å². The zero-order chi connectivity index (χ0) is 30.3. The van der Waals surface area contributed by atoms with E-state index in [1.54, 1.807) is 6.20 Å². The number of carbonyl (C=O) groups is 1.